The van der Waals surface area contributed by atoms with E-state index in [1.165, 1.54) is 88.2 Å². The molecule has 0 radical (unpaired) electrons. The lowest BCUT2D eigenvalue weighted by molar-refractivity contribution is -0.119. The SMILES string of the molecule is COC(=O)Oc1ccc(/C=N\NC(=O)CN(c2ccc(Cl)cc2)S(=O)(=O)c2ccc(OC)cc2)cc1OC. The maximum absolute atomic E-state index is 13.4. The van der Waals surface area contributed by atoms with Gasteiger partial charge in [-0.3, -0.25) is 9.10 Å². The quantitative estimate of drug-likeness (QED) is 0.171. The van der Waals surface area contributed by atoms with Crippen LogP contribution >= 0.6 is 11.6 Å². The molecule has 0 aliphatic carbocycles. The summed E-state index contributed by atoms with van der Waals surface area (Å²) in [5.41, 5.74) is 3.04. The van der Waals surface area contributed by atoms with Crippen LogP contribution in [0, 0.1) is 0 Å². The zero-order valence-electron chi connectivity index (χ0n) is 20.6. The number of carbonyl (C=O) groups excluding carboxylic acids is 2. The standard InChI is InChI=1S/C25H24ClN3O8S/c1-34-20-9-11-21(12-10-20)38(32,33)29(19-7-5-18(26)6-8-19)16-24(30)28-27-15-17-4-13-22(23(14-17)35-2)37-25(31)36-3/h4-15H,16H2,1-3H3,(H,28,30)/b27-15-. The Morgan fingerprint density at radius 3 is 2.24 bits per heavy atom. The van der Waals surface area contributed by atoms with E-state index in [0.29, 0.717) is 16.3 Å². The van der Waals surface area contributed by atoms with Gasteiger partial charge < -0.3 is 18.9 Å². The molecule has 0 spiro atoms. The number of rotatable bonds is 10. The molecule has 200 valence electrons. The number of amides is 1. The molecule has 0 heterocycles. The van der Waals surface area contributed by atoms with Gasteiger partial charge in [0.05, 0.1) is 38.1 Å². The zero-order valence-corrected chi connectivity index (χ0v) is 22.2. The maximum atomic E-state index is 13.4. The number of nitrogens with one attached hydrogen (secondary N) is 1. The summed E-state index contributed by atoms with van der Waals surface area (Å²) in [6, 6.07) is 16.3. The van der Waals surface area contributed by atoms with E-state index in [2.05, 4.69) is 15.3 Å². The van der Waals surface area contributed by atoms with Gasteiger partial charge in [-0.2, -0.15) is 5.10 Å². The van der Waals surface area contributed by atoms with Gasteiger partial charge in [0.2, 0.25) is 0 Å². The Balaban J connectivity index is 1.78. The lowest BCUT2D eigenvalue weighted by Gasteiger charge is -2.23. The first-order chi connectivity index (χ1) is 18.2. The maximum Gasteiger partial charge on any atom is 0.513 e. The third-order valence-corrected chi connectivity index (χ3v) is 7.04. The van der Waals surface area contributed by atoms with Crippen molar-refractivity contribution in [3.05, 3.63) is 77.3 Å². The van der Waals surface area contributed by atoms with Crippen molar-refractivity contribution in [1.82, 2.24) is 5.43 Å². The molecule has 0 atom stereocenters. The Kier molecular flexibility index (Phi) is 9.52. The molecular formula is C25H24ClN3O8S. The fourth-order valence-electron chi connectivity index (χ4n) is 3.12. The molecule has 0 unspecified atom stereocenters. The molecule has 0 aliphatic heterocycles. The Bertz CT molecular complexity index is 1410. The first kappa shape index (κ1) is 28.3. The summed E-state index contributed by atoms with van der Waals surface area (Å²) < 4.78 is 47.5. The fraction of sp³-hybridized carbons (Fsp3) is 0.160. The van der Waals surface area contributed by atoms with Gasteiger partial charge in [-0.25, -0.2) is 18.6 Å². The highest BCUT2D eigenvalue weighted by atomic mass is 35.5. The number of hydrogen-bond acceptors (Lipinski definition) is 9. The number of nitrogens with zero attached hydrogens (tertiary/aromatic N) is 2. The Morgan fingerprint density at radius 2 is 1.63 bits per heavy atom. The summed E-state index contributed by atoms with van der Waals surface area (Å²) in [5.74, 6) is 0.134. The average Bonchev–Trinajstić information content (AvgIpc) is 2.92. The minimum Gasteiger partial charge on any atom is -0.497 e. The summed E-state index contributed by atoms with van der Waals surface area (Å²) in [5, 5.41) is 4.30. The summed E-state index contributed by atoms with van der Waals surface area (Å²) in [6.45, 7) is -0.567. The van der Waals surface area contributed by atoms with Gasteiger partial charge >= 0.3 is 6.16 Å². The summed E-state index contributed by atoms with van der Waals surface area (Å²) in [4.78, 5) is 24.0. The topological polar surface area (TPSA) is 133 Å². The zero-order chi connectivity index (χ0) is 27.7. The van der Waals surface area contributed by atoms with Crippen molar-refractivity contribution in [2.45, 2.75) is 4.90 Å². The molecule has 0 aliphatic rings. The van der Waals surface area contributed by atoms with Crippen molar-refractivity contribution in [2.24, 2.45) is 5.10 Å². The molecular weight excluding hydrogens is 538 g/mol. The minimum absolute atomic E-state index is 0.0362. The molecule has 0 aromatic heterocycles. The summed E-state index contributed by atoms with van der Waals surface area (Å²) in [7, 11) is -0.108. The monoisotopic (exact) mass is 561 g/mol. The number of benzene rings is 3. The molecule has 3 rings (SSSR count). The van der Waals surface area contributed by atoms with Crippen LogP contribution in [0.15, 0.2) is 76.7 Å². The predicted octanol–water partition coefficient (Wildman–Crippen LogP) is 3.85. The van der Waals surface area contributed by atoms with Crippen molar-refractivity contribution in [2.75, 3.05) is 32.2 Å². The molecule has 38 heavy (non-hydrogen) atoms. The van der Waals surface area contributed by atoms with Crippen molar-refractivity contribution >= 4 is 45.6 Å². The van der Waals surface area contributed by atoms with E-state index in [1.54, 1.807) is 6.07 Å². The number of hydrogen-bond donors (Lipinski definition) is 1. The Hall–Kier alpha value is -4.29. The van der Waals surface area contributed by atoms with Gasteiger partial charge in [0, 0.05) is 5.02 Å². The molecule has 11 nitrogen and oxygen atoms in total. The Labute approximate surface area is 224 Å². The van der Waals surface area contributed by atoms with Gasteiger partial charge in [-0.15, -0.1) is 0 Å². The number of sulfonamides is 1. The van der Waals surface area contributed by atoms with Crippen LogP contribution in [0.4, 0.5) is 10.5 Å². The van der Waals surface area contributed by atoms with Crippen molar-refractivity contribution in [3.8, 4) is 17.2 Å². The van der Waals surface area contributed by atoms with Gasteiger partial charge in [-0.1, -0.05) is 11.6 Å². The lowest BCUT2D eigenvalue weighted by atomic mass is 10.2. The van der Waals surface area contributed by atoms with E-state index in [9.17, 15) is 18.0 Å². The minimum atomic E-state index is -4.14. The molecule has 3 aromatic carbocycles. The largest absolute Gasteiger partial charge is 0.513 e. The van der Waals surface area contributed by atoms with Crippen LogP contribution < -0.4 is 23.9 Å². The number of anilines is 1. The van der Waals surface area contributed by atoms with E-state index in [0.717, 1.165) is 4.31 Å². The van der Waals surface area contributed by atoms with Crippen LogP contribution in [-0.2, 0) is 19.6 Å². The molecule has 1 N–H and O–H groups in total. The average molecular weight is 562 g/mol. The molecule has 0 saturated heterocycles. The van der Waals surface area contributed by atoms with Crippen LogP contribution in [0.25, 0.3) is 0 Å². The number of halogens is 1. The molecule has 0 bridgehead atoms. The number of hydrazone groups is 1. The highest BCUT2D eigenvalue weighted by molar-refractivity contribution is 7.92. The first-order valence-electron chi connectivity index (χ1n) is 10.9. The van der Waals surface area contributed by atoms with E-state index < -0.39 is 28.6 Å². The van der Waals surface area contributed by atoms with E-state index >= 15 is 0 Å². The summed E-state index contributed by atoms with van der Waals surface area (Å²) >= 11 is 5.96. The molecule has 0 fully saturated rings. The van der Waals surface area contributed by atoms with Gasteiger partial charge in [0.15, 0.2) is 11.5 Å². The Morgan fingerprint density at radius 1 is 0.947 bits per heavy atom. The molecule has 0 saturated carbocycles. The summed E-state index contributed by atoms with van der Waals surface area (Å²) in [6.07, 6.45) is 0.402. The van der Waals surface area contributed by atoms with Crippen LogP contribution in [-0.4, -0.2) is 54.6 Å². The van der Waals surface area contributed by atoms with Crippen molar-refractivity contribution < 1.29 is 37.0 Å². The van der Waals surface area contributed by atoms with Gasteiger partial charge in [-0.05, 0) is 72.3 Å². The van der Waals surface area contributed by atoms with Crippen LogP contribution in [0.5, 0.6) is 17.2 Å². The fourth-order valence-corrected chi connectivity index (χ4v) is 4.67. The smallest absolute Gasteiger partial charge is 0.497 e. The second kappa shape index (κ2) is 12.8. The van der Waals surface area contributed by atoms with E-state index in [4.69, 9.17) is 25.8 Å². The number of carbonyl (C=O) groups is 2. The van der Waals surface area contributed by atoms with Crippen molar-refractivity contribution in [3.63, 3.8) is 0 Å². The first-order valence-corrected chi connectivity index (χ1v) is 12.7. The highest BCUT2D eigenvalue weighted by Crippen LogP contribution is 2.28. The van der Waals surface area contributed by atoms with Gasteiger partial charge in [0.25, 0.3) is 15.9 Å². The second-order valence-corrected chi connectivity index (χ2v) is 9.72. The lowest BCUT2D eigenvalue weighted by Crippen LogP contribution is -2.39. The number of ether oxygens (including phenoxy) is 4. The predicted molar refractivity (Wildman–Crippen MR) is 141 cm³/mol. The van der Waals surface area contributed by atoms with Crippen LogP contribution in [0.1, 0.15) is 5.56 Å². The van der Waals surface area contributed by atoms with E-state index in [1.807, 2.05) is 0 Å². The normalized spacial score (nSPS) is 11.1. The second-order valence-electron chi connectivity index (χ2n) is 7.42. The van der Waals surface area contributed by atoms with Gasteiger partial charge in [0.1, 0.15) is 12.3 Å². The third-order valence-electron chi connectivity index (χ3n) is 5.00. The number of methoxy groups -OCH3 is 3. The molecule has 3 aromatic rings. The molecule has 13 heteroatoms. The van der Waals surface area contributed by atoms with E-state index in [-0.39, 0.29) is 22.1 Å². The highest BCUT2D eigenvalue weighted by Gasteiger charge is 2.27. The van der Waals surface area contributed by atoms with Crippen LogP contribution in [0.3, 0.4) is 0 Å². The molecule has 1 amide bonds. The van der Waals surface area contributed by atoms with Crippen LogP contribution in [0.2, 0.25) is 5.02 Å². The third kappa shape index (κ3) is 7.14. The van der Waals surface area contributed by atoms with Crippen molar-refractivity contribution in [1.29, 1.82) is 0 Å².